The lowest BCUT2D eigenvalue weighted by atomic mass is 10.0. The van der Waals surface area contributed by atoms with Crippen LogP contribution in [0.1, 0.15) is 24.7 Å². The maximum atomic E-state index is 10.2. The van der Waals surface area contributed by atoms with E-state index in [1.54, 1.807) is 0 Å². The Morgan fingerprint density at radius 1 is 1.12 bits per heavy atom. The molecule has 3 atom stereocenters. The molecule has 0 amide bonds. The lowest BCUT2D eigenvalue weighted by molar-refractivity contribution is -0.137. The molecule has 0 radical (unpaired) electrons. The minimum Gasteiger partial charge on any atom is -0.389 e. The molecule has 7 nitrogen and oxygen atoms in total. The molecule has 24 heavy (non-hydrogen) atoms. The zero-order valence-corrected chi connectivity index (χ0v) is 14.3. The molecule has 0 unspecified atom stereocenters. The molecule has 0 aromatic carbocycles. The van der Waals surface area contributed by atoms with Crippen LogP contribution in [-0.4, -0.2) is 87.6 Å². The summed E-state index contributed by atoms with van der Waals surface area (Å²) in [5.74, 6) is 0.913. The maximum absolute atomic E-state index is 10.2. The first kappa shape index (κ1) is 17.7. The van der Waals surface area contributed by atoms with E-state index in [9.17, 15) is 10.2 Å². The van der Waals surface area contributed by atoms with Crippen LogP contribution in [0.25, 0.3) is 0 Å². The average molecular weight is 336 g/mol. The zero-order chi connectivity index (χ0) is 16.9. The molecule has 0 aliphatic carbocycles. The van der Waals surface area contributed by atoms with Gasteiger partial charge in [0.15, 0.2) is 0 Å². The number of aliphatic hydroxyl groups is 2. The number of aliphatic hydroxyl groups excluding tert-OH is 2. The third-order valence-corrected chi connectivity index (χ3v) is 4.88. The van der Waals surface area contributed by atoms with E-state index in [0.29, 0.717) is 6.61 Å². The van der Waals surface area contributed by atoms with Crippen molar-refractivity contribution in [3.63, 3.8) is 0 Å². The van der Waals surface area contributed by atoms with Crippen LogP contribution in [-0.2, 0) is 17.7 Å². The molecule has 0 bridgehead atoms. The highest BCUT2D eigenvalue weighted by Gasteiger charge is 2.36. The van der Waals surface area contributed by atoms with Crippen LogP contribution in [0.5, 0.6) is 0 Å². The van der Waals surface area contributed by atoms with Crippen LogP contribution in [0.2, 0.25) is 0 Å². The van der Waals surface area contributed by atoms with Gasteiger partial charge < -0.3 is 14.9 Å². The number of piperazine rings is 1. The second-order valence-electron chi connectivity index (χ2n) is 6.73. The molecule has 1 aromatic heterocycles. The van der Waals surface area contributed by atoms with Gasteiger partial charge in [-0.05, 0) is 6.42 Å². The summed E-state index contributed by atoms with van der Waals surface area (Å²) in [6.45, 7) is 7.29. The Bertz CT molecular complexity index is 505. The highest BCUT2D eigenvalue weighted by atomic mass is 16.5. The predicted molar refractivity (Wildman–Crippen MR) is 89.5 cm³/mol. The van der Waals surface area contributed by atoms with Gasteiger partial charge in [-0.2, -0.15) is 0 Å². The fourth-order valence-electron chi connectivity index (χ4n) is 3.41. The molecule has 3 heterocycles. The van der Waals surface area contributed by atoms with Crippen LogP contribution < -0.4 is 0 Å². The van der Waals surface area contributed by atoms with Gasteiger partial charge >= 0.3 is 0 Å². The molecule has 2 aliphatic rings. The maximum Gasteiger partial charge on any atom is 0.128 e. The van der Waals surface area contributed by atoms with Gasteiger partial charge in [-0.15, -0.1) is 0 Å². The number of aryl methyl sites for hydroxylation is 1. The lowest BCUT2D eigenvalue weighted by Crippen LogP contribution is -2.60. The number of hydrogen-bond acceptors (Lipinski definition) is 7. The van der Waals surface area contributed by atoms with Crippen LogP contribution >= 0.6 is 0 Å². The highest BCUT2D eigenvalue weighted by molar-refractivity contribution is 5.05. The summed E-state index contributed by atoms with van der Waals surface area (Å²) >= 11 is 0. The van der Waals surface area contributed by atoms with Crippen LogP contribution in [0, 0.1) is 0 Å². The largest absolute Gasteiger partial charge is 0.389 e. The molecule has 2 aliphatic heterocycles. The van der Waals surface area contributed by atoms with Gasteiger partial charge in [0, 0.05) is 57.1 Å². The van der Waals surface area contributed by atoms with Crippen LogP contribution in [0.4, 0.5) is 0 Å². The number of ether oxygens (including phenoxy) is 1. The molecular weight excluding hydrogens is 308 g/mol. The summed E-state index contributed by atoms with van der Waals surface area (Å²) in [5, 5.41) is 19.9. The first-order valence-electron chi connectivity index (χ1n) is 8.87. The van der Waals surface area contributed by atoms with Crippen molar-refractivity contribution < 1.29 is 14.9 Å². The Kier molecular flexibility index (Phi) is 6.13. The van der Waals surface area contributed by atoms with E-state index in [0.717, 1.165) is 57.0 Å². The van der Waals surface area contributed by atoms with Gasteiger partial charge in [0.05, 0.1) is 25.4 Å². The number of nitrogens with zero attached hydrogens (tertiary/aromatic N) is 4. The molecule has 2 saturated heterocycles. The van der Waals surface area contributed by atoms with Crippen molar-refractivity contribution in [2.75, 3.05) is 39.4 Å². The predicted octanol–water partition coefficient (Wildman–Crippen LogP) is -0.333. The first-order chi connectivity index (χ1) is 11.7. The van der Waals surface area contributed by atoms with Gasteiger partial charge in [0.1, 0.15) is 11.9 Å². The van der Waals surface area contributed by atoms with E-state index in [4.69, 9.17) is 4.74 Å². The lowest BCUT2D eigenvalue weighted by Gasteiger charge is -2.43. The molecule has 1 aromatic rings. The molecule has 0 saturated carbocycles. The highest BCUT2D eigenvalue weighted by Crippen LogP contribution is 2.17. The van der Waals surface area contributed by atoms with E-state index < -0.39 is 12.2 Å². The smallest absolute Gasteiger partial charge is 0.128 e. The normalized spacial score (nSPS) is 29.7. The van der Waals surface area contributed by atoms with Gasteiger partial charge in [-0.3, -0.25) is 9.80 Å². The average Bonchev–Trinajstić information content (AvgIpc) is 2.60. The van der Waals surface area contributed by atoms with E-state index >= 15 is 0 Å². The Hall–Kier alpha value is -1.12. The SMILES string of the molecule is CCCc1ncc(CN2CCN([C@@H]3COC[C@@H](O)[C@H]3O)CC2)cn1. The van der Waals surface area contributed by atoms with Crippen LogP contribution in [0.15, 0.2) is 12.4 Å². The summed E-state index contributed by atoms with van der Waals surface area (Å²) in [6.07, 6.45) is 4.35. The second kappa shape index (κ2) is 8.31. The van der Waals surface area contributed by atoms with Crippen molar-refractivity contribution in [2.45, 2.75) is 44.6 Å². The van der Waals surface area contributed by atoms with Crippen molar-refractivity contribution in [2.24, 2.45) is 0 Å². The summed E-state index contributed by atoms with van der Waals surface area (Å²) in [6, 6.07) is -0.104. The zero-order valence-electron chi connectivity index (χ0n) is 14.3. The fraction of sp³-hybridized carbons (Fsp3) is 0.765. The monoisotopic (exact) mass is 336 g/mol. The first-order valence-corrected chi connectivity index (χ1v) is 8.87. The van der Waals surface area contributed by atoms with Gasteiger partial charge in [-0.1, -0.05) is 6.92 Å². The topological polar surface area (TPSA) is 82.0 Å². The third kappa shape index (κ3) is 4.29. The molecule has 0 spiro atoms. The van der Waals surface area contributed by atoms with Gasteiger partial charge in [0.2, 0.25) is 0 Å². The Balaban J connectivity index is 1.48. The van der Waals surface area contributed by atoms with Crippen molar-refractivity contribution in [3.8, 4) is 0 Å². The Morgan fingerprint density at radius 3 is 2.50 bits per heavy atom. The van der Waals surface area contributed by atoms with Crippen molar-refractivity contribution in [3.05, 3.63) is 23.8 Å². The summed E-state index contributed by atoms with van der Waals surface area (Å²) in [5.41, 5.74) is 1.14. The van der Waals surface area contributed by atoms with E-state index in [1.807, 2.05) is 12.4 Å². The van der Waals surface area contributed by atoms with Gasteiger partial charge in [-0.25, -0.2) is 9.97 Å². The molecule has 2 fully saturated rings. The van der Waals surface area contributed by atoms with E-state index in [2.05, 4.69) is 26.7 Å². The quantitative estimate of drug-likeness (QED) is 0.762. The fourth-order valence-corrected chi connectivity index (χ4v) is 3.41. The molecule has 3 rings (SSSR count). The van der Waals surface area contributed by atoms with Crippen molar-refractivity contribution >= 4 is 0 Å². The Labute approximate surface area is 143 Å². The summed E-state index contributed by atoms with van der Waals surface area (Å²) < 4.78 is 5.39. The minimum atomic E-state index is -0.777. The summed E-state index contributed by atoms with van der Waals surface area (Å²) in [4.78, 5) is 13.4. The third-order valence-electron chi connectivity index (χ3n) is 4.88. The molecule has 134 valence electrons. The van der Waals surface area contributed by atoms with Gasteiger partial charge in [0.25, 0.3) is 0 Å². The number of rotatable bonds is 5. The molecule has 2 N–H and O–H groups in total. The molecule has 7 heteroatoms. The second-order valence-corrected chi connectivity index (χ2v) is 6.73. The molecular formula is C17H28N4O3. The van der Waals surface area contributed by atoms with Crippen molar-refractivity contribution in [1.29, 1.82) is 0 Å². The standard InChI is InChI=1S/C17H28N4O3/c1-2-3-16-18-8-13(9-19-16)10-20-4-6-21(7-5-20)14-11-24-12-15(22)17(14)23/h8-9,14-15,17,22-23H,2-7,10-12H2,1H3/t14-,15-,17+/m1/s1. The minimum absolute atomic E-state index is 0.104. The van der Waals surface area contributed by atoms with Crippen molar-refractivity contribution in [1.82, 2.24) is 19.8 Å². The number of hydrogen-bond donors (Lipinski definition) is 2. The van der Waals surface area contributed by atoms with Crippen LogP contribution in [0.3, 0.4) is 0 Å². The summed E-state index contributed by atoms with van der Waals surface area (Å²) in [7, 11) is 0. The van der Waals surface area contributed by atoms with E-state index in [1.165, 1.54) is 0 Å². The van der Waals surface area contributed by atoms with E-state index in [-0.39, 0.29) is 12.6 Å². The Morgan fingerprint density at radius 2 is 1.83 bits per heavy atom. The number of aromatic nitrogens is 2.